The maximum atomic E-state index is 11.4. The summed E-state index contributed by atoms with van der Waals surface area (Å²) in [5.74, 6) is -0.0125. The van der Waals surface area contributed by atoms with Crippen LogP contribution in [0.5, 0.6) is 0 Å². The third-order valence-corrected chi connectivity index (χ3v) is 2.19. The first-order chi connectivity index (χ1) is 5.75. The maximum absolute atomic E-state index is 11.4. The van der Waals surface area contributed by atoms with E-state index in [4.69, 9.17) is 10.8 Å². The number of hydrogen-bond donors (Lipinski definition) is 2. The van der Waals surface area contributed by atoms with Crippen molar-refractivity contribution in [2.45, 2.75) is 25.3 Å². The molecule has 0 aromatic rings. The molecule has 1 aliphatic rings. The van der Waals surface area contributed by atoms with Crippen molar-refractivity contribution in [2.75, 3.05) is 19.7 Å². The van der Waals surface area contributed by atoms with Gasteiger partial charge in [0.2, 0.25) is 5.91 Å². The van der Waals surface area contributed by atoms with Crippen LogP contribution in [0.2, 0.25) is 0 Å². The molecule has 3 N–H and O–H groups in total. The zero-order chi connectivity index (χ0) is 8.97. The molecule has 0 radical (unpaired) electrons. The number of likely N-dealkylation sites (tertiary alicyclic amines) is 1. The van der Waals surface area contributed by atoms with Gasteiger partial charge in [-0.05, 0) is 19.3 Å². The van der Waals surface area contributed by atoms with Gasteiger partial charge in [-0.2, -0.15) is 0 Å². The fraction of sp³-hybridized carbons (Fsp3) is 0.875. The fourth-order valence-corrected chi connectivity index (χ4v) is 1.48. The summed E-state index contributed by atoms with van der Waals surface area (Å²) in [7, 11) is 0. The van der Waals surface area contributed by atoms with Gasteiger partial charge < -0.3 is 15.7 Å². The first kappa shape index (κ1) is 9.48. The van der Waals surface area contributed by atoms with E-state index >= 15 is 0 Å². The van der Waals surface area contributed by atoms with E-state index < -0.39 is 0 Å². The van der Waals surface area contributed by atoms with E-state index in [2.05, 4.69) is 0 Å². The minimum atomic E-state index is -0.348. The lowest BCUT2D eigenvalue weighted by molar-refractivity contribution is -0.132. The van der Waals surface area contributed by atoms with Gasteiger partial charge in [0, 0.05) is 13.1 Å². The molecule has 0 saturated carbocycles. The molecular weight excluding hydrogens is 156 g/mol. The number of nitrogens with two attached hydrogens (primary N) is 1. The Morgan fingerprint density at radius 3 is 3.00 bits per heavy atom. The van der Waals surface area contributed by atoms with Gasteiger partial charge in [0.15, 0.2) is 0 Å². The van der Waals surface area contributed by atoms with Crippen molar-refractivity contribution in [1.82, 2.24) is 4.90 Å². The summed E-state index contributed by atoms with van der Waals surface area (Å²) < 4.78 is 0. The molecule has 0 aromatic heterocycles. The van der Waals surface area contributed by atoms with Crippen molar-refractivity contribution in [1.29, 1.82) is 0 Å². The average molecular weight is 172 g/mol. The van der Waals surface area contributed by atoms with Crippen molar-refractivity contribution in [3.63, 3.8) is 0 Å². The number of hydrogen-bond acceptors (Lipinski definition) is 3. The molecule has 1 unspecified atom stereocenters. The summed E-state index contributed by atoms with van der Waals surface area (Å²) in [6.45, 7) is 1.19. The molecule has 1 heterocycles. The molecular formula is C8H16N2O2. The van der Waals surface area contributed by atoms with Crippen LogP contribution in [-0.2, 0) is 4.79 Å². The van der Waals surface area contributed by atoms with E-state index in [1.807, 2.05) is 0 Å². The summed E-state index contributed by atoms with van der Waals surface area (Å²) in [5, 5.41) is 8.68. The number of aliphatic hydroxyl groups is 1. The Morgan fingerprint density at radius 2 is 2.33 bits per heavy atom. The number of amides is 1. The molecule has 1 atom stereocenters. The first-order valence-corrected chi connectivity index (χ1v) is 4.41. The lowest BCUT2D eigenvalue weighted by Gasteiger charge is -2.21. The van der Waals surface area contributed by atoms with Crippen molar-refractivity contribution in [3.8, 4) is 0 Å². The van der Waals surface area contributed by atoms with Crippen LogP contribution in [0.3, 0.4) is 0 Å². The van der Waals surface area contributed by atoms with Crippen LogP contribution in [-0.4, -0.2) is 41.7 Å². The van der Waals surface area contributed by atoms with Gasteiger partial charge in [0.25, 0.3) is 0 Å². The molecule has 1 amide bonds. The molecule has 1 saturated heterocycles. The van der Waals surface area contributed by atoms with Crippen LogP contribution < -0.4 is 5.73 Å². The molecule has 1 fully saturated rings. The molecule has 0 bridgehead atoms. The summed E-state index contributed by atoms with van der Waals surface area (Å²) >= 11 is 0. The summed E-state index contributed by atoms with van der Waals surface area (Å²) in [6.07, 6.45) is 2.79. The smallest absolute Gasteiger partial charge is 0.239 e. The van der Waals surface area contributed by atoms with Crippen LogP contribution in [0.15, 0.2) is 0 Å². The monoisotopic (exact) mass is 172 g/mol. The van der Waals surface area contributed by atoms with Gasteiger partial charge in [0.05, 0.1) is 12.6 Å². The van der Waals surface area contributed by atoms with E-state index in [0.29, 0.717) is 6.54 Å². The average Bonchev–Trinajstić information content (AvgIpc) is 2.20. The van der Waals surface area contributed by atoms with Crippen LogP contribution in [0.25, 0.3) is 0 Å². The number of carbonyl (C=O) groups is 1. The number of carbonyl (C=O) groups excluding carboxylic acids is 1. The molecule has 4 nitrogen and oxygen atoms in total. The highest BCUT2D eigenvalue weighted by Crippen LogP contribution is 2.09. The SMILES string of the molecule is NC1CCCCN(CCO)C1=O. The number of nitrogens with zero attached hydrogens (tertiary/aromatic N) is 1. The Labute approximate surface area is 72.3 Å². The zero-order valence-electron chi connectivity index (χ0n) is 7.20. The Hall–Kier alpha value is -0.610. The highest BCUT2D eigenvalue weighted by molar-refractivity contribution is 5.81. The standard InChI is InChI=1S/C8H16N2O2/c9-7-3-1-2-4-10(5-6-11)8(7)12/h7,11H,1-6,9H2. The molecule has 70 valence electrons. The quantitative estimate of drug-likeness (QED) is 0.580. The topological polar surface area (TPSA) is 66.6 Å². The van der Waals surface area contributed by atoms with Crippen molar-refractivity contribution >= 4 is 5.91 Å². The predicted molar refractivity (Wildman–Crippen MR) is 45.5 cm³/mol. The van der Waals surface area contributed by atoms with Crippen LogP contribution in [0.1, 0.15) is 19.3 Å². The van der Waals surface area contributed by atoms with Gasteiger partial charge in [-0.25, -0.2) is 0 Å². The second kappa shape index (κ2) is 4.42. The number of rotatable bonds is 2. The lowest BCUT2D eigenvalue weighted by Crippen LogP contribution is -2.43. The third-order valence-electron chi connectivity index (χ3n) is 2.19. The second-order valence-corrected chi connectivity index (χ2v) is 3.15. The van der Waals surface area contributed by atoms with Crippen LogP contribution in [0.4, 0.5) is 0 Å². The molecule has 4 heteroatoms. The largest absolute Gasteiger partial charge is 0.395 e. The van der Waals surface area contributed by atoms with E-state index in [0.717, 1.165) is 25.8 Å². The Morgan fingerprint density at radius 1 is 1.58 bits per heavy atom. The van der Waals surface area contributed by atoms with Crippen LogP contribution in [0, 0.1) is 0 Å². The van der Waals surface area contributed by atoms with E-state index in [1.165, 1.54) is 0 Å². The fourth-order valence-electron chi connectivity index (χ4n) is 1.48. The van der Waals surface area contributed by atoms with Gasteiger partial charge in [-0.3, -0.25) is 4.79 Å². The molecule has 0 spiro atoms. The van der Waals surface area contributed by atoms with Gasteiger partial charge in [-0.1, -0.05) is 0 Å². The van der Waals surface area contributed by atoms with Crippen molar-refractivity contribution in [3.05, 3.63) is 0 Å². The number of β-amino-alcohol motifs (C(OH)–C–C–N with tert-alkyl or cyclic N) is 1. The second-order valence-electron chi connectivity index (χ2n) is 3.15. The van der Waals surface area contributed by atoms with E-state index in [1.54, 1.807) is 4.90 Å². The van der Waals surface area contributed by atoms with Crippen LogP contribution >= 0.6 is 0 Å². The summed E-state index contributed by atoms with van der Waals surface area (Å²) in [5.41, 5.74) is 5.63. The molecule has 12 heavy (non-hydrogen) atoms. The predicted octanol–water partition coefficient (Wildman–Crippen LogP) is -0.681. The lowest BCUT2D eigenvalue weighted by atomic mass is 10.1. The Bertz CT molecular complexity index is 161. The van der Waals surface area contributed by atoms with Gasteiger partial charge >= 0.3 is 0 Å². The van der Waals surface area contributed by atoms with E-state index in [9.17, 15) is 4.79 Å². The normalized spacial score (nSPS) is 25.7. The minimum absolute atomic E-state index is 0.0125. The molecule has 0 aromatic carbocycles. The Balaban J connectivity index is 2.52. The third kappa shape index (κ3) is 2.19. The highest BCUT2D eigenvalue weighted by Gasteiger charge is 2.22. The molecule has 0 aliphatic carbocycles. The minimum Gasteiger partial charge on any atom is -0.395 e. The zero-order valence-corrected chi connectivity index (χ0v) is 7.20. The van der Waals surface area contributed by atoms with Gasteiger partial charge in [0.1, 0.15) is 0 Å². The van der Waals surface area contributed by atoms with Gasteiger partial charge in [-0.15, -0.1) is 0 Å². The first-order valence-electron chi connectivity index (χ1n) is 4.41. The van der Waals surface area contributed by atoms with Crippen molar-refractivity contribution < 1.29 is 9.90 Å². The summed E-state index contributed by atoms with van der Waals surface area (Å²) in [4.78, 5) is 13.1. The maximum Gasteiger partial charge on any atom is 0.239 e. The highest BCUT2D eigenvalue weighted by atomic mass is 16.3. The molecule has 1 aliphatic heterocycles. The number of aliphatic hydroxyl groups excluding tert-OH is 1. The van der Waals surface area contributed by atoms with E-state index in [-0.39, 0.29) is 18.6 Å². The van der Waals surface area contributed by atoms with Crippen molar-refractivity contribution in [2.24, 2.45) is 5.73 Å². The molecule has 1 rings (SSSR count). The Kier molecular flexibility index (Phi) is 3.49. The summed E-state index contributed by atoms with van der Waals surface area (Å²) in [6, 6.07) is -0.348.